The Labute approximate surface area is 172 Å². The molecule has 0 aromatic heterocycles. The van der Waals surface area contributed by atoms with E-state index in [2.05, 4.69) is 6.92 Å². The van der Waals surface area contributed by atoms with Crippen LogP contribution >= 0.6 is 0 Å². The molecule has 1 rings (SSSR count). The van der Waals surface area contributed by atoms with E-state index < -0.39 is 10.1 Å². The second kappa shape index (κ2) is 14.9. The van der Waals surface area contributed by atoms with Crippen molar-refractivity contribution in [1.29, 1.82) is 0 Å². The number of benzene rings is 1. The second-order valence-electron chi connectivity index (χ2n) is 7.85. The Bertz CT molecular complexity index is 625. The molecule has 0 fully saturated rings. The molecular formula is C23H40O4S. The molecule has 5 heteroatoms. The maximum absolute atomic E-state index is 11.1. The molecule has 0 aliphatic heterocycles. The Morgan fingerprint density at radius 1 is 0.786 bits per heavy atom. The molecule has 0 amide bonds. The van der Waals surface area contributed by atoms with Crippen molar-refractivity contribution >= 4 is 10.1 Å². The van der Waals surface area contributed by atoms with E-state index >= 15 is 0 Å². The van der Waals surface area contributed by atoms with Gasteiger partial charge in [-0.15, -0.1) is 0 Å². The number of aryl methyl sites for hydroxylation is 1. The van der Waals surface area contributed by atoms with Crippen LogP contribution in [0.15, 0.2) is 23.1 Å². The molecule has 1 N–H and O–H groups in total. The predicted molar refractivity (Wildman–Crippen MR) is 117 cm³/mol. The van der Waals surface area contributed by atoms with Crippen LogP contribution in [0.1, 0.15) is 102 Å². The molecule has 0 bridgehead atoms. The summed E-state index contributed by atoms with van der Waals surface area (Å²) in [4.78, 5) is -0.0890. The number of ether oxygens (including phenoxy) is 1. The Hall–Kier alpha value is -1.07. The molecule has 0 unspecified atom stereocenters. The van der Waals surface area contributed by atoms with E-state index in [1.165, 1.54) is 95.6 Å². The second-order valence-corrected chi connectivity index (χ2v) is 9.27. The van der Waals surface area contributed by atoms with Crippen molar-refractivity contribution in [1.82, 2.24) is 0 Å². The Balaban J connectivity index is 1.96. The standard InChI is InChI=1S/C23H40O4S/c1-3-4-5-6-7-8-9-10-11-12-13-14-15-16-19-27-23-18-17-22(20-21(23)2)28(24,25)26/h17-18,20H,3-16,19H2,1-2H3,(H,24,25,26). The normalized spacial score (nSPS) is 11.7. The average molecular weight is 413 g/mol. The highest BCUT2D eigenvalue weighted by Gasteiger charge is 2.11. The molecule has 0 saturated carbocycles. The highest BCUT2D eigenvalue weighted by Crippen LogP contribution is 2.22. The van der Waals surface area contributed by atoms with Crippen LogP contribution in [0.2, 0.25) is 0 Å². The Morgan fingerprint density at radius 2 is 1.25 bits per heavy atom. The van der Waals surface area contributed by atoms with E-state index in [4.69, 9.17) is 9.29 Å². The van der Waals surface area contributed by atoms with E-state index in [0.29, 0.717) is 12.4 Å². The third-order valence-corrected chi connectivity index (χ3v) is 6.05. The number of unbranched alkanes of at least 4 members (excludes halogenated alkanes) is 13. The summed E-state index contributed by atoms with van der Waals surface area (Å²) in [5.74, 6) is 0.682. The van der Waals surface area contributed by atoms with E-state index in [0.717, 1.165) is 12.0 Å². The van der Waals surface area contributed by atoms with Gasteiger partial charge < -0.3 is 4.74 Å². The lowest BCUT2D eigenvalue weighted by atomic mass is 10.0. The summed E-state index contributed by atoms with van der Waals surface area (Å²) in [5, 5.41) is 0. The molecule has 1 aromatic rings. The molecular weight excluding hydrogens is 372 g/mol. The first-order valence-corrected chi connectivity index (χ1v) is 12.6. The zero-order valence-corrected chi connectivity index (χ0v) is 18.7. The van der Waals surface area contributed by atoms with Crippen LogP contribution in [0.3, 0.4) is 0 Å². The summed E-state index contributed by atoms with van der Waals surface area (Å²) in [7, 11) is -4.15. The largest absolute Gasteiger partial charge is 0.493 e. The van der Waals surface area contributed by atoms with Crippen molar-refractivity contribution in [3.8, 4) is 5.75 Å². The summed E-state index contributed by atoms with van der Waals surface area (Å²) < 4.78 is 37.0. The van der Waals surface area contributed by atoms with Gasteiger partial charge in [-0.3, -0.25) is 4.55 Å². The highest BCUT2D eigenvalue weighted by molar-refractivity contribution is 7.85. The van der Waals surface area contributed by atoms with Gasteiger partial charge in [0.05, 0.1) is 11.5 Å². The minimum Gasteiger partial charge on any atom is -0.493 e. The Kier molecular flexibility index (Phi) is 13.3. The molecule has 0 radical (unpaired) electrons. The first-order valence-electron chi connectivity index (χ1n) is 11.2. The van der Waals surface area contributed by atoms with Gasteiger partial charge in [-0.05, 0) is 37.1 Å². The average Bonchev–Trinajstić information content (AvgIpc) is 2.65. The maximum atomic E-state index is 11.1. The van der Waals surface area contributed by atoms with Gasteiger partial charge in [0, 0.05) is 0 Å². The zero-order valence-electron chi connectivity index (χ0n) is 17.9. The fraction of sp³-hybridized carbons (Fsp3) is 0.739. The summed E-state index contributed by atoms with van der Waals surface area (Å²) in [6, 6.07) is 4.43. The first-order chi connectivity index (χ1) is 13.4. The fourth-order valence-corrected chi connectivity index (χ4v) is 3.99. The van der Waals surface area contributed by atoms with Crippen molar-refractivity contribution < 1.29 is 17.7 Å². The minimum atomic E-state index is -4.15. The van der Waals surface area contributed by atoms with Crippen molar-refractivity contribution in [2.45, 2.75) is 109 Å². The summed E-state index contributed by atoms with van der Waals surface area (Å²) in [6.45, 7) is 4.70. The van der Waals surface area contributed by atoms with Gasteiger partial charge in [-0.2, -0.15) is 8.42 Å². The van der Waals surface area contributed by atoms with E-state index in [1.807, 2.05) is 0 Å². The van der Waals surface area contributed by atoms with Gasteiger partial charge in [0.1, 0.15) is 5.75 Å². The van der Waals surface area contributed by atoms with Gasteiger partial charge in [-0.25, -0.2) is 0 Å². The lowest BCUT2D eigenvalue weighted by Gasteiger charge is -2.10. The van der Waals surface area contributed by atoms with Gasteiger partial charge >= 0.3 is 0 Å². The third kappa shape index (κ3) is 11.7. The fourth-order valence-electron chi connectivity index (χ4n) is 3.42. The maximum Gasteiger partial charge on any atom is 0.294 e. The van der Waals surface area contributed by atoms with Crippen LogP contribution in [0.25, 0.3) is 0 Å². The molecule has 4 nitrogen and oxygen atoms in total. The van der Waals surface area contributed by atoms with Crippen LogP contribution < -0.4 is 4.74 Å². The van der Waals surface area contributed by atoms with Gasteiger partial charge in [0.2, 0.25) is 0 Å². The predicted octanol–water partition coefficient (Wildman–Crippen LogP) is 7.10. The van der Waals surface area contributed by atoms with Crippen LogP contribution in [0, 0.1) is 6.92 Å². The lowest BCUT2D eigenvalue weighted by Crippen LogP contribution is -2.02. The topological polar surface area (TPSA) is 63.6 Å². The smallest absolute Gasteiger partial charge is 0.294 e. The number of rotatable bonds is 17. The monoisotopic (exact) mass is 412 g/mol. The molecule has 162 valence electrons. The van der Waals surface area contributed by atoms with Crippen molar-refractivity contribution in [3.05, 3.63) is 23.8 Å². The lowest BCUT2D eigenvalue weighted by molar-refractivity contribution is 0.302. The van der Waals surface area contributed by atoms with Gasteiger partial charge in [0.25, 0.3) is 10.1 Å². The molecule has 0 saturated heterocycles. The van der Waals surface area contributed by atoms with Gasteiger partial charge in [0.15, 0.2) is 0 Å². The molecule has 1 aromatic carbocycles. The van der Waals surface area contributed by atoms with E-state index in [1.54, 1.807) is 13.0 Å². The third-order valence-electron chi connectivity index (χ3n) is 5.20. The molecule has 0 atom stereocenters. The SMILES string of the molecule is CCCCCCCCCCCCCCCCOc1ccc(S(=O)(=O)O)cc1C. The van der Waals surface area contributed by atoms with Crippen molar-refractivity contribution in [2.75, 3.05) is 6.61 Å². The van der Waals surface area contributed by atoms with Crippen LogP contribution in [-0.4, -0.2) is 19.6 Å². The van der Waals surface area contributed by atoms with Crippen LogP contribution in [0.4, 0.5) is 0 Å². The first kappa shape index (κ1) is 25.0. The zero-order chi connectivity index (χ0) is 20.7. The van der Waals surface area contributed by atoms with Crippen LogP contribution in [0.5, 0.6) is 5.75 Å². The van der Waals surface area contributed by atoms with E-state index in [-0.39, 0.29) is 4.90 Å². The molecule has 28 heavy (non-hydrogen) atoms. The van der Waals surface area contributed by atoms with Crippen molar-refractivity contribution in [3.63, 3.8) is 0 Å². The molecule has 0 heterocycles. The van der Waals surface area contributed by atoms with Gasteiger partial charge in [-0.1, -0.05) is 90.4 Å². The summed E-state index contributed by atoms with van der Waals surface area (Å²) in [6.07, 6.45) is 18.6. The number of hydrogen-bond donors (Lipinski definition) is 1. The molecule has 0 spiro atoms. The van der Waals surface area contributed by atoms with Crippen LogP contribution in [-0.2, 0) is 10.1 Å². The molecule has 0 aliphatic rings. The van der Waals surface area contributed by atoms with E-state index in [9.17, 15) is 8.42 Å². The number of hydrogen-bond acceptors (Lipinski definition) is 3. The minimum absolute atomic E-state index is 0.0890. The molecule has 0 aliphatic carbocycles. The summed E-state index contributed by atoms with van der Waals surface area (Å²) in [5.41, 5.74) is 0.723. The van der Waals surface area contributed by atoms with Crippen molar-refractivity contribution in [2.24, 2.45) is 0 Å². The summed E-state index contributed by atoms with van der Waals surface area (Å²) >= 11 is 0. The highest BCUT2D eigenvalue weighted by atomic mass is 32.2. The Morgan fingerprint density at radius 3 is 1.68 bits per heavy atom. The quantitative estimate of drug-likeness (QED) is 0.219.